The number of rotatable bonds is 41. The minimum atomic E-state index is -0.972. The molecule has 0 N–H and O–H groups in total. The number of ether oxygens (including phenoxy) is 2. The second kappa shape index (κ2) is 35.0. The van der Waals surface area contributed by atoms with Gasteiger partial charge in [-0.3, -0.25) is 0 Å². The summed E-state index contributed by atoms with van der Waals surface area (Å²) >= 11 is 7.46. The number of hydrogen-bond acceptors (Lipinski definition) is 12. The molecule has 470 valence electrons. The van der Waals surface area contributed by atoms with Crippen LogP contribution in [-0.4, -0.2) is 30.7 Å². The van der Waals surface area contributed by atoms with Crippen LogP contribution in [0.1, 0.15) is 242 Å². The fourth-order valence-electron chi connectivity index (χ4n) is 12.1. The molecule has 0 saturated heterocycles. The van der Waals surface area contributed by atoms with E-state index in [1.54, 1.807) is 19.1 Å². The summed E-state index contributed by atoms with van der Waals surface area (Å²) in [5.74, 6) is -0.898. The van der Waals surface area contributed by atoms with Gasteiger partial charge >= 0.3 is 0 Å². The minimum absolute atomic E-state index is 0.0587. The van der Waals surface area contributed by atoms with Crippen molar-refractivity contribution in [3.63, 3.8) is 0 Å². The maximum atomic E-state index is 17.6. The topological polar surface area (TPSA) is 70.0 Å². The molecule has 86 heavy (non-hydrogen) atoms. The van der Waals surface area contributed by atoms with Gasteiger partial charge in [-0.2, -0.15) is 17.5 Å². The highest BCUT2D eigenvalue weighted by molar-refractivity contribution is 7.25. The van der Waals surface area contributed by atoms with Gasteiger partial charge in [-0.15, -0.1) is 45.3 Å². The van der Waals surface area contributed by atoms with Crippen LogP contribution in [0.25, 0.3) is 73.6 Å². The van der Waals surface area contributed by atoms with Gasteiger partial charge in [0.15, 0.2) is 23.1 Å². The van der Waals surface area contributed by atoms with Crippen molar-refractivity contribution in [2.24, 2.45) is 11.8 Å². The summed E-state index contributed by atoms with van der Waals surface area (Å²) in [5, 5.41) is 0. The largest absolute Gasteiger partial charge is 0.489 e. The second-order valence-electron chi connectivity index (χ2n) is 24.0. The Bertz CT molecular complexity index is 3330. The molecule has 2 unspecified atom stereocenters. The molecule has 6 nitrogen and oxygen atoms in total. The Morgan fingerprint density at radius 1 is 0.384 bits per heavy atom. The lowest BCUT2D eigenvalue weighted by molar-refractivity contribution is 0.260. The molecule has 0 aliphatic heterocycles. The van der Waals surface area contributed by atoms with Crippen molar-refractivity contribution in [1.29, 1.82) is 0 Å². The molecule has 0 amide bonds. The Kier molecular flexibility index (Phi) is 27.7. The van der Waals surface area contributed by atoms with Gasteiger partial charge in [0.05, 0.1) is 68.7 Å². The van der Waals surface area contributed by atoms with Crippen LogP contribution < -0.4 is 9.47 Å². The number of aryl methyl sites for hydroxylation is 2. The van der Waals surface area contributed by atoms with Crippen LogP contribution in [0.3, 0.4) is 0 Å². The number of nitrogens with zero attached hydrogens (tertiary/aromatic N) is 4. The van der Waals surface area contributed by atoms with Crippen molar-refractivity contribution in [2.75, 3.05) is 13.2 Å². The van der Waals surface area contributed by atoms with Gasteiger partial charge in [0.1, 0.15) is 33.7 Å². The zero-order valence-electron chi connectivity index (χ0n) is 52.7. The van der Waals surface area contributed by atoms with Crippen LogP contribution in [0.5, 0.6) is 11.5 Å². The Labute approximate surface area is 536 Å². The van der Waals surface area contributed by atoms with Crippen LogP contribution in [-0.2, 0) is 12.8 Å². The molecule has 6 heterocycles. The van der Waals surface area contributed by atoms with Crippen LogP contribution >= 0.6 is 68.8 Å². The first-order valence-corrected chi connectivity index (χ1v) is 37.7. The molecule has 2 aromatic carbocycles. The minimum Gasteiger partial charge on any atom is -0.489 e. The molecule has 6 aromatic heterocycles. The Balaban J connectivity index is 1.20. The molecule has 8 aromatic rings. The Morgan fingerprint density at radius 2 is 0.744 bits per heavy atom. The zero-order chi connectivity index (χ0) is 61.0. The zero-order valence-corrected chi connectivity index (χ0v) is 57.6. The third-order valence-electron chi connectivity index (χ3n) is 17.4. The first-order valence-electron chi connectivity index (χ1n) is 33.0. The summed E-state index contributed by atoms with van der Waals surface area (Å²) in [6.07, 6.45) is 33.6. The smallest absolute Gasteiger partial charge is 0.172 e. The average Bonchev–Trinajstić information content (AvgIpc) is 1.61. The van der Waals surface area contributed by atoms with E-state index >= 15 is 17.6 Å². The van der Waals surface area contributed by atoms with E-state index in [0.29, 0.717) is 104 Å². The highest BCUT2D eigenvalue weighted by Gasteiger charge is 2.33. The van der Waals surface area contributed by atoms with Crippen LogP contribution in [0.15, 0.2) is 24.3 Å². The molecule has 0 spiro atoms. The number of thiophene rings is 4. The van der Waals surface area contributed by atoms with Crippen molar-refractivity contribution < 1.29 is 27.0 Å². The Morgan fingerprint density at radius 3 is 1.19 bits per heavy atom. The lowest BCUT2D eigenvalue weighted by atomic mass is 9.91. The van der Waals surface area contributed by atoms with Crippen LogP contribution in [0.4, 0.5) is 17.6 Å². The normalized spacial score (nSPS) is 12.7. The first kappa shape index (κ1) is 68.1. The summed E-state index contributed by atoms with van der Waals surface area (Å²) in [4.78, 5) is 5.13. The quantitative estimate of drug-likeness (QED) is 0.0281. The van der Waals surface area contributed by atoms with Crippen molar-refractivity contribution in [1.82, 2.24) is 17.5 Å². The predicted molar refractivity (Wildman–Crippen MR) is 365 cm³/mol. The molecule has 0 bridgehead atoms. The number of aromatic nitrogens is 4. The monoisotopic (exact) mass is 1290 g/mol. The summed E-state index contributed by atoms with van der Waals surface area (Å²) in [5.41, 5.74) is 5.25. The molecule has 0 radical (unpaired) electrons. The summed E-state index contributed by atoms with van der Waals surface area (Å²) in [7, 11) is 0. The van der Waals surface area contributed by atoms with E-state index in [1.807, 2.05) is 12.1 Å². The van der Waals surface area contributed by atoms with Gasteiger partial charge in [0.25, 0.3) is 0 Å². The van der Waals surface area contributed by atoms with E-state index < -0.39 is 17.5 Å². The molecule has 16 heteroatoms. The Hall–Kier alpha value is -3.80. The lowest BCUT2D eigenvalue weighted by Crippen LogP contribution is -2.06. The number of unbranched alkanes of at least 4 members (excludes halogenated alkanes) is 20. The lowest BCUT2D eigenvalue weighted by Gasteiger charge is -2.20. The van der Waals surface area contributed by atoms with Gasteiger partial charge in [0, 0.05) is 29.3 Å². The predicted octanol–water partition coefficient (Wildman–Crippen LogP) is 25.6. The van der Waals surface area contributed by atoms with Gasteiger partial charge in [-0.25, -0.2) is 17.6 Å². The van der Waals surface area contributed by atoms with Crippen LogP contribution in [0, 0.1) is 49.0 Å². The van der Waals surface area contributed by atoms with Gasteiger partial charge in [0.2, 0.25) is 0 Å². The van der Waals surface area contributed by atoms with Gasteiger partial charge < -0.3 is 9.47 Å². The summed E-state index contributed by atoms with van der Waals surface area (Å²) in [6, 6.07) is 7.13. The second-order valence-corrected chi connectivity index (χ2v) is 29.6. The van der Waals surface area contributed by atoms with Crippen molar-refractivity contribution in [2.45, 2.75) is 248 Å². The molecule has 0 fully saturated rings. The molecule has 0 aliphatic carbocycles. The maximum absolute atomic E-state index is 17.6. The first-order chi connectivity index (χ1) is 42.0. The molecular formula is C70H94F4N4O2S6. The standard InChI is InChI=1S/C70H94F4N4O2S6/c1-9-15-19-21-23-25-27-29-31-33-37-79-67-59(55-43-51(71)46(8)82-55)65-66(78-86-77-65)60(68(67)80-38-34-32-30-28-26-24-22-20-16-10-2)56-44-52(72)70(84-56)69-50(40-48(14-6)36-18-12-4)42-54(83-69)58-62(74)61(73)57(63-64(58)76-85-75-63)53-41-49(45(7)81-53)39-47(13-5)35-17-11-3/h41-44,47-48H,9-40H2,1-8H3. The molecular weight excluding hydrogens is 1200 g/mol. The fraction of sp³-hybridized carbons (Fsp3) is 0.600. The van der Waals surface area contributed by atoms with Crippen molar-refractivity contribution in [3.8, 4) is 63.0 Å². The summed E-state index contributed by atoms with van der Waals surface area (Å²) in [6.45, 7) is 18.0. The van der Waals surface area contributed by atoms with E-state index in [4.69, 9.17) is 22.6 Å². The highest BCUT2D eigenvalue weighted by Crippen LogP contribution is 2.56. The van der Waals surface area contributed by atoms with E-state index in [9.17, 15) is 0 Å². The van der Waals surface area contributed by atoms with Crippen molar-refractivity contribution in [3.05, 3.63) is 68.4 Å². The molecule has 2 atom stereocenters. The maximum Gasteiger partial charge on any atom is 0.172 e. The number of fused-ring (bicyclic) bond motifs is 2. The van der Waals surface area contributed by atoms with E-state index in [-0.39, 0.29) is 22.9 Å². The number of benzene rings is 2. The molecule has 8 rings (SSSR count). The van der Waals surface area contributed by atoms with E-state index in [2.05, 4.69) is 52.8 Å². The molecule has 0 aliphatic rings. The third-order valence-corrected chi connectivity index (χ3v) is 23.1. The van der Waals surface area contributed by atoms with E-state index in [1.165, 1.54) is 141 Å². The number of halogens is 4. The highest BCUT2D eigenvalue weighted by atomic mass is 32.1. The SMILES string of the molecule is CCCCCCCCCCCCOc1c(OCCCCCCCCCCCC)c(-c2cc(F)c(-c3sc(-c4c(F)c(F)c(-c5cc(CC(CC)CCCC)c(C)s5)c5nsnc45)cc3CC(CC)CCCC)s2)c2nsnc2c1-c1cc(F)c(C)s1. The fourth-order valence-corrected chi connectivity index (χ4v) is 17.7. The summed E-state index contributed by atoms with van der Waals surface area (Å²) < 4.78 is 101. The third kappa shape index (κ3) is 17.4. The molecule has 0 saturated carbocycles. The van der Waals surface area contributed by atoms with Crippen LogP contribution in [0.2, 0.25) is 0 Å². The number of hydrogen-bond donors (Lipinski definition) is 0. The average molecular weight is 1290 g/mol. The van der Waals surface area contributed by atoms with Gasteiger partial charge in [-0.1, -0.05) is 208 Å². The van der Waals surface area contributed by atoms with Crippen molar-refractivity contribution >= 4 is 90.9 Å². The van der Waals surface area contributed by atoms with E-state index in [0.717, 1.165) is 130 Å². The van der Waals surface area contributed by atoms with Gasteiger partial charge in [-0.05, 0) is 86.8 Å².